The molecule has 33 heavy (non-hydrogen) atoms. The second kappa shape index (κ2) is 12.0. The zero-order valence-corrected chi connectivity index (χ0v) is 23.4. The molecule has 0 heterocycles. The van der Waals surface area contributed by atoms with Crippen molar-refractivity contribution in [1.82, 2.24) is 10.2 Å². The van der Waals surface area contributed by atoms with Crippen molar-refractivity contribution >= 4 is 43.7 Å². The molecule has 0 saturated heterocycles. The molecule has 0 aliphatic carbocycles. The number of carbonyl (C=O) groups excluding carboxylic acids is 2. The van der Waals surface area contributed by atoms with Gasteiger partial charge in [0.05, 0.1) is 4.47 Å². The van der Waals surface area contributed by atoms with E-state index in [4.69, 9.17) is 4.74 Å². The lowest BCUT2D eigenvalue weighted by Gasteiger charge is -2.29. The Morgan fingerprint density at radius 2 is 1.70 bits per heavy atom. The van der Waals surface area contributed by atoms with Crippen LogP contribution >= 0.6 is 31.9 Å². The van der Waals surface area contributed by atoms with E-state index >= 15 is 0 Å². The molecule has 2 aromatic carbocycles. The third kappa shape index (κ3) is 8.14. The van der Waals surface area contributed by atoms with E-state index in [0.717, 1.165) is 20.9 Å². The highest BCUT2D eigenvalue weighted by Crippen LogP contribution is 2.31. The van der Waals surface area contributed by atoms with Gasteiger partial charge in [0.25, 0.3) is 5.91 Å². The van der Waals surface area contributed by atoms with Crippen molar-refractivity contribution in [2.45, 2.75) is 72.0 Å². The average molecular weight is 582 g/mol. The van der Waals surface area contributed by atoms with Crippen molar-refractivity contribution in [3.63, 3.8) is 0 Å². The molecule has 0 bridgehead atoms. The van der Waals surface area contributed by atoms with Crippen molar-refractivity contribution in [3.05, 3.63) is 62.5 Å². The minimum Gasteiger partial charge on any atom is -0.483 e. The number of benzene rings is 2. The first-order valence-electron chi connectivity index (χ1n) is 11.2. The fourth-order valence-corrected chi connectivity index (χ4v) is 3.90. The summed E-state index contributed by atoms with van der Waals surface area (Å²) >= 11 is 6.99. The normalized spacial score (nSPS) is 13.2. The number of amides is 2. The molecular formula is C26H34Br2N2O3. The van der Waals surface area contributed by atoms with Gasteiger partial charge in [-0.05, 0) is 77.0 Å². The van der Waals surface area contributed by atoms with Crippen LogP contribution in [0.2, 0.25) is 0 Å². The Hall–Kier alpha value is -1.86. The van der Waals surface area contributed by atoms with Crippen LogP contribution in [0.25, 0.3) is 0 Å². The van der Waals surface area contributed by atoms with Crippen LogP contribution in [0.5, 0.6) is 5.75 Å². The highest BCUT2D eigenvalue weighted by Gasteiger charge is 2.27. The topological polar surface area (TPSA) is 58.6 Å². The second-order valence-corrected chi connectivity index (χ2v) is 11.1. The first-order chi connectivity index (χ1) is 15.4. The summed E-state index contributed by atoms with van der Waals surface area (Å²) in [4.78, 5) is 27.6. The van der Waals surface area contributed by atoms with Crippen LogP contribution in [0, 0.1) is 0 Å². The van der Waals surface area contributed by atoms with Crippen LogP contribution in [-0.4, -0.2) is 35.4 Å². The van der Waals surface area contributed by atoms with E-state index in [9.17, 15) is 9.59 Å². The number of halogens is 2. The zero-order chi connectivity index (χ0) is 24.8. The summed E-state index contributed by atoms with van der Waals surface area (Å²) in [5.74, 6) is 0.165. The van der Waals surface area contributed by atoms with Gasteiger partial charge in [0.2, 0.25) is 5.91 Å². The predicted molar refractivity (Wildman–Crippen MR) is 140 cm³/mol. The van der Waals surface area contributed by atoms with Crippen molar-refractivity contribution in [2.75, 3.05) is 6.61 Å². The van der Waals surface area contributed by atoms with Crippen molar-refractivity contribution < 1.29 is 14.3 Å². The molecule has 0 saturated carbocycles. The van der Waals surface area contributed by atoms with Gasteiger partial charge in [-0.25, -0.2) is 0 Å². The molecule has 0 fully saturated rings. The van der Waals surface area contributed by atoms with E-state index < -0.39 is 6.04 Å². The van der Waals surface area contributed by atoms with E-state index in [-0.39, 0.29) is 29.9 Å². The highest BCUT2D eigenvalue weighted by atomic mass is 79.9. The van der Waals surface area contributed by atoms with Crippen LogP contribution in [0.3, 0.4) is 0 Å². The van der Waals surface area contributed by atoms with E-state index in [1.54, 1.807) is 11.8 Å². The van der Waals surface area contributed by atoms with Gasteiger partial charge in [-0.3, -0.25) is 9.59 Å². The maximum atomic E-state index is 13.2. The highest BCUT2D eigenvalue weighted by molar-refractivity contribution is 9.10. The lowest BCUT2D eigenvalue weighted by molar-refractivity contribution is -0.142. The summed E-state index contributed by atoms with van der Waals surface area (Å²) < 4.78 is 7.61. The summed E-state index contributed by atoms with van der Waals surface area (Å²) in [6.07, 6.45) is 0.820. The van der Waals surface area contributed by atoms with Crippen LogP contribution < -0.4 is 10.1 Å². The Morgan fingerprint density at radius 3 is 2.24 bits per heavy atom. The lowest BCUT2D eigenvalue weighted by atomic mass is 9.87. The summed E-state index contributed by atoms with van der Waals surface area (Å²) in [6, 6.07) is 13.0. The summed E-state index contributed by atoms with van der Waals surface area (Å²) in [5, 5.41) is 2.97. The monoisotopic (exact) mass is 580 g/mol. The molecular weight excluding hydrogens is 548 g/mol. The Bertz CT molecular complexity index is 955. The molecule has 0 unspecified atom stereocenters. The quantitative estimate of drug-likeness (QED) is 0.382. The molecule has 0 aromatic heterocycles. The van der Waals surface area contributed by atoms with Crippen molar-refractivity contribution in [3.8, 4) is 5.75 Å². The molecule has 0 radical (unpaired) electrons. The minimum atomic E-state index is -0.634. The third-order valence-corrected chi connectivity index (χ3v) is 6.73. The van der Waals surface area contributed by atoms with Gasteiger partial charge in [0.1, 0.15) is 11.8 Å². The first kappa shape index (κ1) is 27.4. The molecule has 7 heteroatoms. The largest absolute Gasteiger partial charge is 0.483 e. The average Bonchev–Trinajstić information content (AvgIpc) is 2.76. The molecule has 2 rings (SSSR count). The zero-order valence-electron chi connectivity index (χ0n) is 20.2. The van der Waals surface area contributed by atoms with E-state index in [1.807, 2.05) is 56.3 Å². The number of hydrogen-bond donors (Lipinski definition) is 1. The Labute approximate surface area is 214 Å². The molecule has 0 spiro atoms. The van der Waals surface area contributed by atoms with Gasteiger partial charge < -0.3 is 15.0 Å². The fraction of sp³-hybridized carbons (Fsp3) is 0.462. The van der Waals surface area contributed by atoms with E-state index in [2.05, 4.69) is 57.9 Å². The van der Waals surface area contributed by atoms with Crippen molar-refractivity contribution in [2.24, 2.45) is 0 Å². The molecule has 2 atom stereocenters. The van der Waals surface area contributed by atoms with Crippen LogP contribution in [0.15, 0.2) is 51.4 Å². The number of ether oxygens (including phenoxy) is 1. The molecule has 1 N–H and O–H groups in total. The maximum Gasteiger partial charge on any atom is 0.261 e. The number of nitrogens with zero attached hydrogens (tertiary/aromatic N) is 1. The predicted octanol–water partition coefficient (Wildman–Crippen LogP) is 6.22. The Kier molecular flexibility index (Phi) is 9.98. The van der Waals surface area contributed by atoms with Gasteiger partial charge in [-0.15, -0.1) is 0 Å². The molecule has 5 nitrogen and oxygen atoms in total. The van der Waals surface area contributed by atoms with Gasteiger partial charge >= 0.3 is 0 Å². The van der Waals surface area contributed by atoms with E-state index in [1.165, 1.54) is 5.56 Å². The van der Waals surface area contributed by atoms with Gasteiger partial charge in [0.15, 0.2) is 6.61 Å². The summed E-state index contributed by atoms with van der Waals surface area (Å²) in [6.45, 7) is 12.3. The molecule has 0 aliphatic rings. The maximum absolute atomic E-state index is 13.2. The molecule has 2 amide bonds. The molecule has 2 aromatic rings. The number of rotatable bonds is 9. The molecule has 180 valence electrons. The number of hydrogen-bond acceptors (Lipinski definition) is 3. The van der Waals surface area contributed by atoms with Gasteiger partial charge in [-0.1, -0.05) is 61.8 Å². The molecule has 0 aliphatic heterocycles. The third-order valence-electron chi connectivity index (χ3n) is 5.58. The minimum absolute atomic E-state index is 0.0107. The lowest BCUT2D eigenvalue weighted by Crippen LogP contribution is -2.50. The SMILES string of the molecule is CC[C@@H](C)NC(=O)[C@@H](C)N(Cc1ccc(Br)cc1)C(=O)COc1ccc(C(C)(C)C)cc1Br. The van der Waals surface area contributed by atoms with Crippen LogP contribution in [0.4, 0.5) is 0 Å². The summed E-state index contributed by atoms with van der Waals surface area (Å²) in [5.41, 5.74) is 2.11. The fourth-order valence-electron chi connectivity index (χ4n) is 3.14. The second-order valence-electron chi connectivity index (χ2n) is 9.33. The number of nitrogens with one attached hydrogen (secondary N) is 1. The number of carbonyl (C=O) groups is 2. The van der Waals surface area contributed by atoms with Gasteiger partial charge in [0, 0.05) is 17.1 Å². The summed E-state index contributed by atoms with van der Waals surface area (Å²) in [7, 11) is 0. The Morgan fingerprint density at radius 1 is 1.06 bits per heavy atom. The van der Waals surface area contributed by atoms with Crippen LogP contribution in [-0.2, 0) is 21.5 Å². The standard InChI is InChI=1S/C26H34Br2N2O3/c1-7-17(2)29-25(32)18(3)30(15-19-8-11-21(27)12-9-19)24(31)16-33-23-13-10-20(14-22(23)28)26(4,5)6/h8-14,17-18H,7,15-16H2,1-6H3,(H,29,32)/t17-,18-/m1/s1. The van der Waals surface area contributed by atoms with Crippen molar-refractivity contribution in [1.29, 1.82) is 0 Å². The van der Waals surface area contributed by atoms with Crippen LogP contribution in [0.1, 0.15) is 59.1 Å². The first-order valence-corrected chi connectivity index (χ1v) is 12.8. The van der Waals surface area contributed by atoms with Gasteiger partial charge in [-0.2, -0.15) is 0 Å². The smallest absolute Gasteiger partial charge is 0.261 e. The van der Waals surface area contributed by atoms with E-state index in [0.29, 0.717) is 12.3 Å². The Balaban J connectivity index is 2.18.